The lowest BCUT2D eigenvalue weighted by molar-refractivity contribution is -0.384. The third-order valence-electron chi connectivity index (χ3n) is 3.56. The number of nitriles is 1. The number of benzene rings is 2. The summed E-state index contributed by atoms with van der Waals surface area (Å²) >= 11 is 0. The summed E-state index contributed by atoms with van der Waals surface area (Å²) in [6.45, 7) is 0.615. The van der Waals surface area contributed by atoms with Crippen molar-refractivity contribution in [3.8, 4) is 6.07 Å². The summed E-state index contributed by atoms with van der Waals surface area (Å²) in [5.41, 5.74) is 1.25. The molecule has 0 spiro atoms. The van der Waals surface area contributed by atoms with Crippen molar-refractivity contribution in [1.29, 1.82) is 5.26 Å². The average molecular weight is 350 g/mol. The first kappa shape index (κ1) is 18.7. The Hall–Kier alpha value is -3.66. The summed E-state index contributed by atoms with van der Waals surface area (Å²) in [5, 5.41) is 25.3. The number of anilines is 1. The van der Waals surface area contributed by atoms with Gasteiger partial charge in [0.15, 0.2) is 0 Å². The van der Waals surface area contributed by atoms with E-state index in [1.807, 2.05) is 36.4 Å². The van der Waals surface area contributed by atoms with Crippen LogP contribution in [-0.2, 0) is 11.2 Å². The molecule has 0 saturated heterocycles. The molecular formula is C19H18N4O3. The minimum Gasteiger partial charge on any atom is -0.390 e. The Morgan fingerprint density at radius 1 is 1.19 bits per heavy atom. The first-order valence-electron chi connectivity index (χ1n) is 8.03. The number of nitrogens with one attached hydrogen (secondary N) is 2. The average Bonchev–Trinajstić information content (AvgIpc) is 2.65. The number of hydrogen-bond donors (Lipinski definition) is 2. The second-order valence-corrected chi connectivity index (χ2v) is 5.47. The topological polar surface area (TPSA) is 108 Å². The van der Waals surface area contributed by atoms with Crippen LogP contribution in [0.4, 0.5) is 11.4 Å². The van der Waals surface area contributed by atoms with Crippen LogP contribution < -0.4 is 10.6 Å². The lowest BCUT2D eigenvalue weighted by Crippen LogP contribution is -2.17. The first-order valence-corrected chi connectivity index (χ1v) is 8.03. The van der Waals surface area contributed by atoms with E-state index in [9.17, 15) is 14.9 Å². The Kier molecular flexibility index (Phi) is 6.89. The maximum atomic E-state index is 12.1. The van der Waals surface area contributed by atoms with E-state index in [4.69, 9.17) is 5.26 Å². The molecule has 0 bridgehead atoms. The number of nitro groups is 1. The normalized spacial score (nSPS) is 10.7. The highest BCUT2D eigenvalue weighted by Crippen LogP contribution is 2.17. The molecule has 2 aromatic rings. The zero-order chi connectivity index (χ0) is 18.8. The second-order valence-electron chi connectivity index (χ2n) is 5.47. The number of carbonyl (C=O) groups excluding carboxylic acids is 1. The van der Waals surface area contributed by atoms with Crippen molar-refractivity contribution in [2.75, 3.05) is 11.9 Å². The molecule has 0 aliphatic heterocycles. The van der Waals surface area contributed by atoms with Gasteiger partial charge in [-0.25, -0.2) is 0 Å². The number of aryl methyl sites for hydroxylation is 1. The number of non-ortho nitro benzene ring substituents is 1. The monoisotopic (exact) mass is 350 g/mol. The summed E-state index contributed by atoms with van der Waals surface area (Å²) < 4.78 is 0. The first-order chi connectivity index (χ1) is 12.6. The van der Waals surface area contributed by atoms with Gasteiger partial charge < -0.3 is 10.6 Å². The minimum absolute atomic E-state index is 0.101. The van der Waals surface area contributed by atoms with Crippen LogP contribution in [0.25, 0.3) is 0 Å². The van der Waals surface area contributed by atoms with Crippen molar-refractivity contribution in [1.82, 2.24) is 5.32 Å². The van der Waals surface area contributed by atoms with Gasteiger partial charge in [0.1, 0.15) is 11.6 Å². The fourth-order valence-corrected chi connectivity index (χ4v) is 2.26. The lowest BCUT2D eigenvalue weighted by atomic mass is 10.1. The van der Waals surface area contributed by atoms with Crippen molar-refractivity contribution in [3.05, 3.63) is 82.0 Å². The van der Waals surface area contributed by atoms with Crippen molar-refractivity contribution in [2.45, 2.75) is 12.8 Å². The van der Waals surface area contributed by atoms with Crippen LogP contribution in [0, 0.1) is 21.4 Å². The number of nitro benzene ring substituents is 1. The zero-order valence-corrected chi connectivity index (χ0v) is 14.0. The van der Waals surface area contributed by atoms with Crippen LogP contribution in [0.1, 0.15) is 12.0 Å². The van der Waals surface area contributed by atoms with Gasteiger partial charge in [0.05, 0.1) is 4.92 Å². The van der Waals surface area contributed by atoms with Crippen molar-refractivity contribution in [2.24, 2.45) is 0 Å². The summed E-state index contributed by atoms with van der Waals surface area (Å²) in [7, 11) is 0. The Balaban J connectivity index is 1.85. The maximum absolute atomic E-state index is 12.1. The molecule has 0 unspecified atom stereocenters. The number of rotatable bonds is 8. The van der Waals surface area contributed by atoms with E-state index in [1.165, 1.54) is 36.0 Å². The molecule has 0 aliphatic rings. The molecule has 0 radical (unpaired) electrons. The summed E-state index contributed by atoms with van der Waals surface area (Å²) in [6.07, 6.45) is 3.10. The number of carbonyl (C=O) groups is 1. The second kappa shape index (κ2) is 9.59. The molecule has 7 nitrogen and oxygen atoms in total. The molecule has 132 valence electrons. The molecule has 7 heteroatoms. The summed E-state index contributed by atoms with van der Waals surface area (Å²) in [4.78, 5) is 22.3. The van der Waals surface area contributed by atoms with Gasteiger partial charge in [0.25, 0.3) is 11.6 Å². The van der Waals surface area contributed by atoms with Gasteiger partial charge >= 0.3 is 0 Å². The molecule has 2 rings (SSSR count). The largest absolute Gasteiger partial charge is 0.390 e. The Bertz CT molecular complexity index is 841. The Labute approximate surface area is 151 Å². The fraction of sp³-hybridized carbons (Fsp3) is 0.158. The molecule has 0 fully saturated rings. The van der Waals surface area contributed by atoms with E-state index in [2.05, 4.69) is 10.6 Å². The van der Waals surface area contributed by atoms with Crippen LogP contribution in [0.15, 0.2) is 66.4 Å². The quantitative estimate of drug-likeness (QED) is 0.250. The van der Waals surface area contributed by atoms with E-state index < -0.39 is 10.8 Å². The standard InChI is InChI=1S/C19H18N4O3/c20-13-16(14-21-11-5-8-15-6-2-1-3-7-15)19(24)22-17-9-4-10-18(12-17)23(25)26/h1-4,6-7,9-10,12,14,21H,5,8,11H2,(H,22,24)/b16-14-. The maximum Gasteiger partial charge on any atom is 0.271 e. The zero-order valence-electron chi connectivity index (χ0n) is 14.0. The molecule has 26 heavy (non-hydrogen) atoms. The van der Waals surface area contributed by atoms with Crippen molar-refractivity contribution < 1.29 is 9.72 Å². The van der Waals surface area contributed by atoms with Crippen LogP contribution in [0.2, 0.25) is 0 Å². The molecule has 2 aromatic carbocycles. The van der Waals surface area contributed by atoms with E-state index in [-0.39, 0.29) is 16.9 Å². The number of nitrogens with zero attached hydrogens (tertiary/aromatic N) is 2. The minimum atomic E-state index is -0.622. The van der Waals surface area contributed by atoms with Crippen molar-refractivity contribution in [3.63, 3.8) is 0 Å². The van der Waals surface area contributed by atoms with Gasteiger partial charge in [0, 0.05) is 30.6 Å². The van der Waals surface area contributed by atoms with E-state index >= 15 is 0 Å². The molecule has 0 heterocycles. The van der Waals surface area contributed by atoms with Gasteiger partial charge in [0.2, 0.25) is 0 Å². The fourth-order valence-electron chi connectivity index (χ4n) is 2.26. The predicted molar refractivity (Wildman–Crippen MR) is 98.2 cm³/mol. The van der Waals surface area contributed by atoms with E-state index in [0.29, 0.717) is 6.54 Å². The highest BCUT2D eigenvalue weighted by Gasteiger charge is 2.11. The van der Waals surface area contributed by atoms with Crippen LogP contribution in [0.5, 0.6) is 0 Å². The highest BCUT2D eigenvalue weighted by atomic mass is 16.6. The smallest absolute Gasteiger partial charge is 0.271 e. The molecule has 0 atom stereocenters. The number of amides is 1. The Morgan fingerprint density at radius 3 is 2.65 bits per heavy atom. The van der Waals surface area contributed by atoms with Gasteiger partial charge in [-0.1, -0.05) is 36.4 Å². The lowest BCUT2D eigenvalue weighted by Gasteiger charge is -2.05. The van der Waals surface area contributed by atoms with Crippen molar-refractivity contribution >= 4 is 17.3 Å². The van der Waals surface area contributed by atoms with Gasteiger partial charge in [-0.15, -0.1) is 0 Å². The summed E-state index contributed by atoms with van der Waals surface area (Å²) in [5.74, 6) is -0.622. The molecule has 0 aliphatic carbocycles. The SMILES string of the molecule is N#C/C(=C/NCCCc1ccccc1)C(=O)Nc1cccc([N+](=O)[O-])c1. The van der Waals surface area contributed by atoms with E-state index in [0.717, 1.165) is 12.8 Å². The predicted octanol–water partition coefficient (Wildman–Crippen LogP) is 3.16. The van der Waals surface area contributed by atoms with Crippen LogP contribution in [0.3, 0.4) is 0 Å². The molecule has 2 N–H and O–H groups in total. The van der Waals surface area contributed by atoms with Gasteiger partial charge in [-0.05, 0) is 24.5 Å². The Morgan fingerprint density at radius 2 is 1.96 bits per heavy atom. The molecule has 0 aromatic heterocycles. The molecule has 1 amide bonds. The summed E-state index contributed by atoms with van der Waals surface area (Å²) in [6, 6.07) is 17.4. The van der Waals surface area contributed by atoms with Crippen LogP contribution in [-0.4, -0.2) is 17.4 Å². The van der Waals surface area contributed by atoms with E-state index in [1.54, 1.807) is 0 Å². The van der Waals surface area contributed by atoms with Gasteiger partial charge in [-0.2, -0.15) is 5.26 Å². The molecule has 0 saturated carbocycles. The third kappa shape index (κ3) is 5.76. The third-order valence-corrected chi connectivity index (χ3v) is 3.56. The van der Waals surface area contributed by atoms with Crippen LogP contribution >= 0.6 is 0 Å². The highest BCUT2D eigenvalue weighted by molar-refractivity contribution is 6.06. The number of hydrogen-bond acceptors (Lipinski definition) is 5. The molecular weight excluding hydrogens is 332 g/mol. The van der Waals surface area contributed by atoms with Gasteiger partial charge in [-0.3, -0.25) is 14.9 Å².